The van der Waals surface area contributed by atoms with Crippen molar-refractivity contribution in [3.63, 3.8) is 0 Å². The van der Waals surface area contributed by atoms with Crippen LogP contribution in [-0.2, 0) is 20.7 Å². The zero-order valence-corrected chi connectivity index (χ0v) is 13.6. The number of hydrogen-bond donors (Lipinski definition) is 2. The van der Waals surface area contributed by atoms with Crippen molar-refractivity contribution >= 4 is 5.97 Å². The lowest BCUT2D eigenvalue weighted by Crippen LogP contribution is -2.34. The topological polar surface area (TPSA) is 111 Å². The number of aromatic nitrogens is 2. The monoisotopic (exact) mass is 364 g/mol. The van der Waals surface area contributed by atoms with E-state index >= 15 is 0 Å². The number of carbonyl (C=O) groups is 1. The van der Waals surface area contributed by atoms with Crippen molar-refractivity contribution in [2.45, 2.75) is 31.3 Å². The highest BCUT2D eigenvalue weighted by atomic mass is 19.1. The van der Waals surface area contributed by atoms with E-state index in [1.54, 1.807) is 24.3 Å². The molecule has 1 aliphatic rings. The van der Waals surface area contributed by atoms with Gasteiger partial charge in [-0.3, -0.25) is 19.1 Å². The van der Waals surface area contributed by atoms with Crippen molar-refractivity contribution in [1.29, 1.82) is 0 Å². The molecule has 2 N–H and O–H groups in total. The summed E-state index contributed by atoms with van der Waals surface area (Å²) in [6, 6.07) is 8.98. The molecule has 3 rings (SSSR count). The Morgan fingerprint density at radius 3 is 2.77 bits per heavy atom. The normalized spacial score (nSPS) is 22.3. The summed E-state index contributed by atoms with van der Waals surface area (Å²) in [7, 11) is 0. The molecule has 0 unspecified atom stereocenters. The van der Waals surface area contributed by atoms with Crippen LogP contribution >= 0.6 is 0 Å². The number of aliphatic hydroxyl groups excluding tert-OH is 1. The van der Waals surface area contributed by atoms with E-state index in [9.17, 15) is 23.9 Å². The van der Waals surface area contributed by atoms with Crippen LogP contribution in [0.1, 0.15) is 18.2 Å². The maximum atomic E-state index is 13.4. The second-order valence-corrected chi connectivity index (χ2v) is 5.88. The number of halogens is 1. The highest BCUT2D eigenvalue weighted by Gasteiger charge is 2.39. The minimum absolute atomic E-state index is 0.0388. The molecule has 0 radical (unpaired) electrons. The molecule has 1 saturated heterocycles. The van der Waals surface area contributed by atoms with Crippen LogP contribution in [0.4, 0.5) is 4.39 Å². The lowest BCUT2D eigenvalue weighted by Gasteiger charge is -2.16. The molecule has 1 aromatic heterocycles. The lowest BCUT2D eigenvalue weighted by molar-refractivity contribution is -0.152. The molecule has 0 amide bonds. The van der Waals surface area contributed by atoms with Gasteiger partial charge < -0.3 is 14.6 Å². The molecule has 2 heterocycles. The summed E-state index contributed by atoms with van der Waals surface area (Å²) < 4.78 is 25.2. The number of hydrogen-bond acceptors (Lipinski definition) is 6. The third-order valence-electron chi connectivity index (χ3n) is 4.07. The van der Waals surface area contributed by atoms with Crippen molar-refractivity contribution in [1.82, 2.24) is 9.55 Å². The Hall–Kier alpha value is -2.78. The molecule has 0 bridgehead atoms. The molecule has 1 aliphatic heterocycles. The highest BCUT2D eigenvalue weighted by Crippen LogP contribution is 2.30. The van der Waals surface area contributed by atoms with Gasteiger partial charge in [-0.15, -0.1) is 0 Å². The average Bonchev–Trinajstić information content (AvgIpc) is 3.01. The quantitative estimate of drug-likeness (QED) is 0.729. The van der Waals surface area contributed by atoms with E-state index in [4.69, 9.17) is 9.47 Å². The van der Waals surface area contributed by atoms with Gasteiger partial charge >= 0.3 is 11.7 Å². The maximum absolute atomic E-state index is 13.4. The fourth-order valence-electron chi connectivity index (χ4n) is 2.81. The van der Waals surface area contributed by atoms with Gasteiger partial charge in [0.25, 0.3) is 5.56 Å². The summed E-state index contributed by atoms with van der Waals surface area (Å²) in [6.45, 7) is -0.444. The first-order valence-corrected chi connectivity index (χ1v) is 7.98. The van der Waals surface area contributed by atoms with Gasteiger partial charge in [0.05, 0.1) is 19.2 Å². The first-order valence-electron chi connectivity index (χ1n) is 7.98. The Labute approximate surface area is 146 Å². The molecule has 9 heteroatoms. The van der Waals surface area contributed by atoms with Crippen LogP contribution in [0, 0.1) is 5.82 Å². The van der Waals surface area contributed by atoms with E-state index in [0.717, 1.165) is 16.3 Å². The molecule has 0 aliphatic carbocycles. The van der Waals surface area contributed by atoms with Gasteiger partial charge in [-0.25, -0.2) is 4.79 Å². The number of nitrogens with zero attached hydrogens (tertiary/aromatic N) is 1. The SMILES string of the molecule is O=C(Cc1ccccc1)O[C@H]1C[C@H](n2cc(F)c(=O)[nH]c2=O)O[C@@H]1CO. The summed E-state index contributed by atoms with van der Waals surface area (Å²) in [5.41, 5.74) is -1.21. The van der Waals surface area contributed by atoms with Crippen LogP contribution in [0.15, 0.2) is 46.1 Å². The van der Waals surface area contributed by atoms with Gasteiger partial charge in [0.15, 0.2) is 0 Å². The molecular weight excluding hydrogens is 347 g/mol. The van der Waals surface area contributed by atoms with Crippen molar-refractivity contribution < 1.29 is 23.8 Å². The third-order valence-corrected chi connectivity index (χ3v) is 4.07. The number of aromatic amines is 1. The van der Waals surface area contributed by atoms with Crippen LogP contribution in [0.5, 0.6) is 0 Å². The first-order chi connectivity index (χ1) is 12.5. The number of rotatable bonds is 5. The zero-order chi connectivity index (χ0) is 18.7. The van der Waals surface area contributed by atoms with Crippen molar-refractivity contribution in [2.24, 2.45) is 0 Å². The van der Waals surface area contributed by atoms with Gasteiger partial charge in [-0.2, -0.15) is 4.39 Å². The fraction of sp³-hybridized carbons (Fsp3) is 0.353. The summed E-state index contributed by atoms with van der Waals surface area (Å²) in [4.78, 5) is 36.9. The molecule has 8 nitrogen and oxygen atoms in total. The molecule has 1 aromatic carbocycles. The standard InChI is InChI=1S/C17H17FN2O6/c18-11-8-20(17(24)19-16(11)23)14-7-12(13(9-21)25-14)26-15(22)6-10-4-2-1-3-5-10/h1-5,8,12-14,21H,6-7,9H2,(H,19,23,24)/t12-,13+,14+/m0/s1. The number of H-pyrrole nitrogens is 1. The highest BCUT2D eigenvalue weighted by molar-refractivity contribution is 5.72. The number of benzene rings is 1. The van der Waals surface area contributed by atoms with Crippen molar-refractivity contribution in [3.05, 3.63) is 68.7 Å². The van der Waals surface area contributed by atoms with Crippen LogP contribution in [0.3, 0.4) is 0 Å². The summed E-state index contributed by atoms with van der Waals surface area (Å²) in [5.74, 6) is -1.65. The summed E-state index contributed by atoms with van der Waals surface area (Å²) in [6.07, 6.45) is -1.82. The van der Waals surface area contributed by atoms with E-state index in [2.05, 4.69) is 0 Å². The van der Waals surface area contributed by atoms with E-state index in [1.165, 1.54) is 0 Å². The Morgan fingerprint density at radius 2 is 2.08 bits per heavy atom. The van der Waals surface area contributed by atoms with Crippen LogP contribution in [0.25, 0.3) is 0 Å². The molecule has 26 heavy (non-hydrogen) atoms. The van der Waals surface area contributed by atoms with Crippen LogP contribution < -0.4 is 11.2 Å². The van der Waals surface area contributed by atoms with Gasteiger partial charge in [0.2, 0.25) is 5.82 Å². The zero-order valence-electron chi connectivity index (χ0n) is 13.6. The molecule has 2 aromatic rings. The Balaban J connectivity index is 1.71. The number of ether oxygens (including phenoxy) is 2. The third kappa shape index (κ3) is 3.89. The largest absolute Gasteiger partial charge is 0.459 e. The molecule has 1 fully saturated rings. The Morgan fingerprint density at radius 1 is 1.35 bits per heavy atom. The maximum Gasteiger partial charge on any atom is 0.330 e. The summed E-state index contributed by atoms with van der Waals surface area (Å²) in [5, 5.41) is 9.44. The van der Waals surface area contributed by atoms with E-state index in [-0.39, 0.29) is 12.8 Å². The average molecular weight is 364 g/mol. The van der Waals surface area contributed by atoms with Gasteiger partial charge in [-0.05, 0) is 5.56 Å². The van der Waals surface area contributed by atoms with E-state index in [1.807, 2.05) is 11.1 Å². The van der Waals surface area contributed by atoms with E-state index in [0.29, 0.717) is 0 Å². The number of esters is 1. The predicted molar refractivity (Wildman–Crippen MR) is 86.9 cm³/mol. The Bertz CT molecular complexity index is 894. The predicted octanol–water partition coefficient (Wildman–Crippen LogP) is 0.110. The number of carbonyl (C=O) groups excluding carboxylic acids is 1. The van der Waals surface area contributed by atoms with E-state index < -0.39 is 48.1 Å². The van der Waals surface area contributed by atoms with Gasteiger partial charge in [0, 0.05) is 6.42 Å². The number of nitrogens with one attached hydrogen (secondary N) is 1. The minimum atomic E-state index is -1.14. The molecule has 138 valence electrons. The van der Waals surface area contributed by atoms with Crippen molar-refractivity contribution in [3.8, 4) is 0 Å². The second kappa shape index (κ2) is 7.63. The molecule has 0 spiro atoms. The molecule has 0 saturated carbocycles. The Kier molecular flexibility index (Phi) is 5.29. The van der Waals surface area contributed by atoms with Gasteiger partial charge in [0.1, 0.15) is 18.4 Å². The van der Waals surface area contributed by atoms with Crippen LogP contribution in [0.2, 0.25) is 0 Å². The molecule has 3 atom stereocenters. The lowest BCUT2D eigenvalue weighted by atomic mass is 10.1. The van der Waals surface area contributed by atoms with Crippen LogP contribution in [-0.4, -0.2) is 39.4 Å². The van der Waals surface area contributed by atoms with Gasteiger partial charge in [-0.1, -0.05) is 30.3 Å². The molecular formula is C17H17FN2O6. The second-order valence-electron chi connectivity index (χ2n) is 5.88. The fourth-order valence-corrected chi connectivity index (χ4v) is 2.81. The van der Waals surface area contributed by atoms with Crippen molar-refractivity contribution in [2.75, 3.05) is 6.61 Å². The number of aliphatic hydroxyl groups is 1. The minimum Gasteiger partial charge on any atom is -0.459 e. The smallest absolute Gasteiger partial charge is 0.330 e. The summed E-state index contributed by atoms with van der Waals surface area (Å²) >= 11 is 0. The first kappa shape index (κ1) is 18.0.